The van der Waals surface area contributed by atoms with Crippen LogP contribution < -0.4 is 10.6 Å². The summed E-state index contributed by atoms with van der Waals surface area (Å²) in [4.78, 5) is 23.0. The molecular weight excluding hydrogens is 340 g/mol. The van der Waals surface area contributed by atoms with Crippen LogP contribution in [-0.2, 0) is 9.05 Å². The van der Waals surface area contributed by atoms with Gasteiger partial charge in [0.05, 0.1) is 4.90 Å². The van der Waals surface area contributed by atoms with Crippen molar-refractivity contribution in [2.24, 2.45) is 0 Å². The third-order valence-electron chi connectivity index (χ3n) is 2.94. The number of carbonyl (C=O) groups excluding carboxylic acids is 2. The molecule has 23 heavy (non-hydrogen) atoms. The summed E-state index contributed by atoms with van der Waals surface area (Å²) in [6.07, 6.45) is 0. The molecule has 0 aliphatic carbocycles. The van der Waals surface area contributed by atoms with Crippen LogP contribution in [0.2, 0.25) is 0 Å². The second-order valence-electron chi connectivity index (χ2n) is 4.67. The highest BCUT2D eigenvalue weighted by atomic mass is 35.7. The molecule has 0 saturated heterocycles. The van der Waals surface area contributed by atoms with E-state index < -0.39 is 15.1 Å². The molecule has 0 spiro atoms. The van der Waals surface area contributed by atoms with Gasteiger partial charge in [-0.3, -0.25) is 4.79 Å². The summed E-state index contributed by atoms with van der Waals surface area (Å²) in [5.74, 6) is -0.0599. The molecule has 0 aliphatic heterocycles. The van der Waals surface area contributed by atoms with Gasteiger partial charge in [0.1, 0.15) is 0 Å². The minimum atomic E-state index is -3.79. The second-order valence-corrected chi connectivity index (χ2v) is 7.24. The SMILES string of the molecule is CC(=O)c1ccc(NC(=O)Nc2ccc(S(=O)(=O)Cl)cc2)cc1. The van der Waals surface area contributed by atoms with Gasteiger partial charge < -0.3 is 10.6 Å². The molecule has 0 radical (unpaired) electrons. The van der Waals surface area contributed by atoms with Gasteiger partial charge in [0.25, 0.3) is 9.05 Å². The highest BCUT2D eigenvalue weighted by Gasteiger charge is 2.10. The predicted molar refractivity (Wildman–Crippen MR) is 88.6 cm³/mol. The Balaban J connectivity index is 2.00. The van der Waals surface area contributed by atoms with E-state index in [-0.39, 0.29) is 10.7 Å². The van der Waals surface area contributed by atoms with Gasteiger partial charge >= 0.3 is 6.03 Å². The lowest BCUT2D eigenvalue weighted by molar-refractivity contribution is 0.101. The van der Waals surface area contributed by atoms with Crippen LogP contribution in [0.5, 0.6) is 0 Å². The number of urea groups is 1. The van der Waals surface area contributed by atoms with E-state index in [0.717, 1.165) is 0 Å². The second kappa shape index (κ2) is 6.80. The molecule has 6 nitrogen and oxygen atoms in total. The van der Waals surface area contributed by atoms with Crippen LogP contribution in [0.4, 0.5) is 16.2 Å². The van der Waals surface area contributed by atoms with Crippen LogP contribution in [0.3, 0.4) is 0 Å². The predicted octanol–water partition coefficient (Wildman–Crippen LogP) is 3.46. The Kier molecular flexibility index (Phi) is 5.02. The Bertz CT molecular complexity index is 831. The molecule has 2 N–H and O–H groups in total. The van der Waals surface area contributed by atoms with Gasteiger partial charge in [-0.05, 0) is 55.5 Å². The zero-order chi connectivity index (χ0) is 17.0. The van der Waals surface area contributed by atoms with E-state index in [1.165, 1.54) is 31.2 Å². The van der Waals surface area contributed by atoms with Gasteiger partial charge in [-0.2, -0.15) is 0 Å². The molecule has 8 heteroatoms. The summed E-state index contributed by atoms with van der Waals surface area (Å²) in [5.41, 5.74) is 1.48. The molecule has 2 rings (SSSR count). The largest absolute Gasteiger partial charge is 0.323 e. The maximum atomic E-state index is 11.8. The van der Waals surface area contributed by atoms with E-state index in [1.54, 1.807) is 24.3 Å². The van der Waals surface area contributed by atoms with E-state index in [1.807, 2.05) is 0 Å². The average Bonchev–Trinajstić information content (AvgIpc) is 2.47. The molecule has 120 valence electrons. The number of hydrogen-bond acceptors (Lipinski definition) is 4. The van der Waals surface area contributed by atoms with Crippen molar-refractivity contribution in [3.63, 3.8) is 0 Å². The first-order valence-corrected chi connectivity index (χ1v) is 8.80. The minimum Gasteiger partial charge on any atom is -0.308 e. The topological polar surface area (TPSA) is 92.3 Å². The van der Waals surface area contributed by atoms with E-state index in [0.29, 0.717) is 16.9 Å². The fraction of sp³-hybridized carbons (Fsp3) is 0.0667. The molecular formula is C15H13ClN2O4S. The molecule has 0 heterocycles. The average molecular weight is 353 g/mol. The molecule has 0 atom stereocenters. The molecule has 0 saturated carbocycles. The smallest absolute Gasteiger partial charge is 0.308 e. The van der Waals surface area contributed by atoms with Crippen molar-refractivity contribution in [1.29, 1.82) is 0 Å². The Hall–Kier alpha value is -2.38. The van der Waals surface area contributed by atoms with Crippen molar-refractivity contribution in [2.45, 2.75) is 11.8 Å². The van der Waals surface area contributed by atoms with Crippen molar-refractivity contribution in [1.82, 2.24) is 0 Å². The Morgan fingerprint density at radius 1 is 0.870 bits per heavy atom. The van der Waals surface area contributed by atoms with E-state index in [2.05, 4.69) is 10.6 Å². The zero-order valence-corrected chi connectivity index (χ0v) is 13.6. The number of benzene rings is 2. The van der Waals surface area contributed by atoms with E-state index >= 15 is 0 Å². The third-order valence-corrected chi connectivity index (χ3v) is 4.31. The summed E-state index contributed by atoms with van der Waals surface area (Å²) >= 11 is 0. The van der Waals surface area contributed by atoms with Gasteiger partial charge in [0.2, 0.25) is 0 Å². The lowest BCUT2D eigenvalue weighted by Crippen LogP contribution is -2.19. The third kappa shape index (κ3) is 4.80. The lowest BCUT2D eigenvalue weighted by atomic mass is 10.1. The Morgan fingerprint density at radius 3 is 1.70 bits per heavy atom. The number of halogens is 1. The lowest BCUT2D eigenvalue weighted by Gasteiger charge is -2.08. The van der Waals surface area contributed by atoms with Gasteiger partial charge in [0.15, 0.2) is 5.78 Å². The molecule has 2 aromatic rings. The van der Waals surface area contributed by atoms with Gasteiger partial charge in [-0.1, -0.05) is 0 Å². The van der Waals surface area contributed by atoms with Crippen LogP contribution in [0.1, 0.15) is 17.3 Å². The molecule has 0 bridgehead atoms. The quantitative estimate of drug-likeness (QED) is 0.651. The number of anilines is 2. The first-order chi connectivity index (χ1) is 10.8. The maximum Gasteiger partial charge on any atom is 0.323 e. The van der Waals surface area contributed by atoms with Crippen LogP contribution >= 0.6 is 10.7 Å². The minimum absolute atomic E-state index is 0.0510. The van der Waals surface area contributed by atoms with Gasteiger partial charge in [-0.15, -0.1) is 0 Å². The molecule has 0 aliphatic rings. The van der Waals surface area contributed by atoms with Crippen LogP contribution in [0, 0.1) is 0 Å². The molecule has 2 amide bonds. The van der Waals surface area contributed by atoms with E-state index in [4.69, 9.17) is 10.7 Å². The summed E-state index contributed by atoms with van der Waals surface area (Å²) in [5, 5.41) is 5.15. The van der Waals surface area contributed by atoms with Crippen molar-refractivity contribution in [2.75, 3.05) is 10.6 Å². The monoisotopic (exact) mass is 352 g/mol. The number of Topliss-reactive ketones (excluding diaryl/α,β-unsaturated/α-hetero) is 1. The molecule has 0 unspecified atom stereocenters. The Morgan fingerprint density at radius 2 is 1.30 bits per heavy atom. The summed E-state index contributed by atoms with van der Waals surface area (Å²) in [6, 6.07) is 11.4. The number of hydrogen-bond donors (Lipinski definition) is 2. The number of ketones is 1. The normalized spacial score (nSPS) is 10.9. The Labute approximate surface area is 137 Å². The first kappa shape index (κ1) is 17.0. The van der Waals surface area contributed by atoms with Crippen molar-refractivity contribution in [3.8, 4) is 0 Å². The summed E-state index contributed by atoms with van der Waals surface area (Å²) in [7, 11) is 1.42. The highest BCUT2D eigenvalue weighted by molar-refractivity contribution is 8.13. The standard InChI is InChI=1S/C15H13ClN2O4S/c1-10(19)11-2-4-12(5-3-11)17-15(20)18-13-6-8-14(9-7-13)23(16,21)22/h2-9H,1H3,(H2,17,18,20). The molecule has 0 fully saturated rings. The summed E-state index contributed by atoms with van der Waals surface area (Å²) in [6.45, 7) is 1.46. The van der Waals surface area contributed by atoms with Crippen LogP contribution in [0.25, 0.3) is 0 Å². The van der Waals surface area contributed by atoms with Crippen molar-refractivity contribution >= 4 is 42.9 Å². The maximum absolute atomic E-state index is 11.8. The van der Waals surface area contributed by atoms with E-state index in [9.17, 15) is 18.0 Å². The van der Waals surface area contributed by atoms with Crippen LogP contribution in [-0.4, -0.2) is 20.2 Å². The number of nitrogens with one attached hydrogen (secondary N) is 2. The first-order valence-electron chi connectivity index (χ1n) is 6.49. The van der Waals surface area contributed by atoms with Crippen molar-refractivity contribution < 1.29 is 18.0 Å². The summed E-state index contributed by atoms with van der Waals surface area (Å²) < 4.78 is 22.2. The van der Waals surface area contributed by atoms with Crippen LogP contribution in [0.15, 0.2) is 53.4 Å². The highest BCUT2D eigenvalue weighted by Crippen LogP contribution is 2.18. The van der Waals surface area contributed by atoms with Gasteiger partial charge in [-0.25, -0.2) is 13.2 Å². The molecule has 2 aromatic carbocycles. The van der Waals surface area contributed by atoms with Crippen molar-refractivity contribution in [3.05, 3.63) is 54.1 Å². The number of carbonyl (C=O) groups is 2. The van der Waals surface area contributed by atoms with Gasteiger partial charge in [0, 0.05) is 27.6 Å². The fourth-order valence-electron chi connectivity index (χ4n) is 1.78. The zero-order valence-electron chi connectivity index (χ0n) is 12.0. The number of amides is 2. The fourth-order valence-corrected chi connectivity index (χ4v) is 2.55. The number of rotatable bonds is 4. The molecule has 0 aromatic heterocycles.